The average Bonchev–Trinajstić information content (AvgIpc) is 3.01. The first-order valence-corrected chi connectivity index (χ1v) is 8.39. The molecule has 1 aliphatic rings. The van der Waals surface area contributed by atoms with E-state index in [1.807, 2.05) is 6.92 Å². The minimum absolute atomic E-state index is 0.0569. The van der Waals surface area contributed by atoms with Gasteiger partial charge in [0.15, 0.2) is 5.96 Å². The zero-order valence-electron chi connectivity index (χ0n) is 14.3. The third kappa shape index (κ3) is 5.06. The van der Waals surface area contributed by atoms with Crippen LogP contribution >= 0.6 is 0 Å². The number of hydrogen-bond donors (Lipinski definition) is 2. The number of nitrogens with zero attached hydrogens (tertiary/aromatic N) is 2. The van der Waals surface area contributed by atoms with Gasteiger partial charge in [-0.15, -0.1) is 0 Å². The highest BCUT2D eigenvalue weighted by Gasteiger charge is 2.27. The summed E-state index contributed by atoms with van der Waals surface area (Å²) >= 11 is 0. The number of halogens is 2. The number of rotatable bonds is 7. The predicted molar refractivity (Wildman–Crippen MR) is 92.6 cm³/mol. The topological polar surface area (TPSA) is 48.9 Å². The van der Waals surface area contributed by atoms with Crippen LogP contribution in [0.25, 0.3) is 0 Å². The fourth-order valence-corrected chi connectivity index (χ4v) is 2.79. The fraction of sp³-hybridized carbons (Fsp3) is 0.588. The van der Waals surface area contributed by atoms with Crippen LogP contribution < -0.4 is 15.5 Å². The largest absolute Gasteiger partial charge is 0.382 e. The van der Waals surface area contributed by atoms with E-state index >= 15 is 0 Å². The van der Waals surface area contributed by atoms with Gasteiger partial charge >= 0.3 is 0 Å². The molecule has 7 heteroatoms. The molecule has 1 fully saturated rings. The summed E-state index contributed by atoms with van der Waals surface area (Å²) < 4.78 is 33.0. The molecule has 1 unspecified atom stereocenters. The Balaban J connectivity index is 1.82. The zero-order chi connectivity index (χ0) is 17.4. The maximum Gasteiger partial charge on any atom is 0.191 e. The molecule has 1 aromatic rings. The summed E-state index contributed by atoms with van der Waals surface area (Å²) in [6.45, 7) is 5.31. The van der Waals surface area contributed by atoms with Gasteiger partial charge in [0.25, 0.3) is 0 Å². The Morgan fingerprint density at radius 2 is 2.12 bits per heavy atom. The number of aliphatic imine (C=N–C) groups is 1. The van der Waals surface area contributed by atoms with Gasteiger partial charge in [0.05, 0.1) is 0 Å². The summed E-state index contributed by atoms with van der Waals surface area (Å²) in [5.74, 6) is -0.337. The van der Waals surface area contributed by atoms with Crippen molar-refractivity contribution in [1.29, 1.82) is 0 Å². The summed E-state index contributed by atoms with van der Waals surface area (Å²) in [6.07, 6.45) is 1.69. The van der Waals surface area contributed by atoms with Crippen molar-refractivity contribution in [2.24, 2.45) is 4.99 Å². The molecule has 134 valence electrons. The van der Waals surface area contributed by atoms with Gasteiger partial charge in [-0.2, -0.15) is 0 Å². The SMILES string of the molecule is CCOCCCNC(=NC)NC1CCN(c2c(F)cccc2F)C1. The summed E-state index contributed by atoms with van der Waals surface area (Å²) in [4.78, 5) is 5.93. The minimum atomic E-state index is -0.519. The second kappa shape index (κ2) is 9.42. The van der Waals surface area contributed by atoms with Gasteiger partial charge in [0.1, 0.15) is 17.3 Å². The molecule has 0 amide bonds. The van der Waals surface area contributed by atoms with E-state index in [4.69, 9.17) is 4.74 Å². The van der Waals surface area contributed by atoms with Gasteiger partial charge in [-0.3, -0.25) is 4.99 Å². The molecule has 0 saturated carbocycles. The molecule has 0 aromatic heterocycles. The fourth-order valence-electron chi connectivity index (χ4n) is 2.79. The van der Waals surface area contributed by atoms with Gasteiger partial charge in [-0.05, 0) is 31.9 Å². The van der Waals surface area contributed by atoms with Crippen LogP contribution in [0.15, 0.2) is 23.2 Å². The Hall–Kier alpha value is -1.89. The van der Waals surface area contributed by atoms with Crippen LogP contribution in [0.3, 0.4) is 0 Å². The third-order valence-corrected chi connectivity index (χ3v) is 3.97. The lowest BCUT2D eigenvalue weighted by atomic mass is 10.2. The molecule has 0 radical (unpaired) electrons. The smallest absolute Gasteiger partial charge is 0.191 e. The van der Waals surface area contributed by atoms with Crippen molar-refractivity contribution >= 4 is 11.6 Å². The number of hydrogen-bond acceptors (Lipinski definition) is 3. The van der Waals surface area contributed by atoms with E-state index in [1.165, 1.54) is 18.2 Å². The van der Waals surface area contributed by atoms with Gasteiger partial charge in [-0.25, -0.2) is 8.78 Å². The van der Waals surface area contributed by atoms with Crippen LogP contribution in [0.5, 0.6) is 0 Å². The molecule has 5 nitrogen and oxygen atoms in total. The van der Waals surface area contributed by atoms with E-state index < -0.39 is 11.6 Å². The minimum Gasteiger partial charge on any atom is -0.382 e. The van der Waals surface area contributed by atoms with Crippen molar-refractivity contribution in [3.8, 4) is 0 Å². The summed E-state index contributed by atoms with van der Waals surface area (Å²) in [5.41, 5.74) is 0.0569. The number of benzene rings is 1. The van der Waals surface area contributed by atoms with Crippen molar-refractivity contribution in [2.75, 3.05) is 44.8 Å². The van der Waals surface area contributed by atoms with Crippen molar-refractivity contribution in [1.82, 2.24) is 10.6 Å². The molecule has 1 aromatic carbocycles. The van der Waals surface area contributed by atoms with Crippen LogP contribution in [0, 0.1) is 11.6 Å². The van der Waals surface area contributed by atoms with Gasteiger partial charge in [0.2, 0.25) is 0 Å². The van der Waals surface area contributed by atoms with Crippen LogP contribution in [-0.4, -0.2) is 51.9 Å². The average molecular weight is 340 g/mol. The molecule has 2 N–H and O–H groups in total. The molecule has 0 bridgehead atoms. The van der Waals surface area contributed by atoms with Crippen molar-refractivity contribution in [3.63, 3.8) is 0 Å². The Bertz CT molecular complexity index is 533. The van der Waals surface area contributed by atoms with Crippen molar-refractivity contribution in [3.05, 3.63) is 29.8 Å². The van der Waals surface area contributed by atoms with Crippen molar-refractivity contribution < 1.29 is 13.5 Å². The zero-order valence-corrected chi connectivity index (χ0v) is 14.3. The first-order valence-electron chi connectivity index (χ1n) is 8.39. The molecule has 24 heavy (non-hydrogen) atoms. The summed E-state index contributed by atoms with van der Waals surface area (Å²) in [6, 6.07) is 4.06. The standard InChI is InChI=1S/C17H26F2N4O/c1-3-24-11-5-9-21-17(20-2)22-13-8-10-23(12-13)16-14(18)6-4-7-15(16)19/h4,6-7,13H,3,5,8-12H2,1-2H3,(H2,20,21,22). The molecule has 0 aliphatic carbocycles. The number of para-hydroxylation sites is 1. The third-order valence-electron chi connectivity index (χ3n) is 3.97. The first-order chi connectivity index (χ1) is 11.7. The van der Waals surface area contributed by atoms with E-state index in [-0.39, 0.29) is 11.7 Å². The molecule has 2 rings (SSSR count). The predicted octanol–water partition coefficient (Wildman–Crippen LogP) is 2.14. The Morgan fingerprint density at radius 1 is 1.38 bits per heavy atom. The highest BCUT2D eigenvalue weighted by atomic mass is 19.1. The van der Waals surface area contributed by atoms with Gasteiger partial charge in [0, 0.05) is 45.9 Å². The number of ether oxygens (including phenoxy) is 1. The quantitative estimate of drug-likeness (QED) is 0.454. The number of nitrogens with one attached hydrogen (secondary N) is 2. The van der Waals surface area contributed by atoms with E-state index in [0.29, 0.717) is 25.7 Å². The van der Waals surface area contributed by atoms with E-state index in [0.717, 1.165) is 26.0 Å². The van der Waals surface area contributed by atoms with E-state index in [9.17, 15) is 8.78 Å². The van der Waals surface area contributed by atoms with Gasteiger partial charge in [-0.1, -0.05) is 6.07 Å². The second-order valence-corrected chi connectivity index (χ2v) is 5.70. The molecule has 1 saturated heterocycles. The monoisotopic (exact) mass is 340 g/mol. The number of anilines is 1. The molecule has 1 heterocycles. The lowest BCUT2D eigenvalue weighted by Crippen LogP contribution is -2.45. The van der Waals surface area contributed by atoms with Crippen molar-refractivity contribution in [2.45, 2.75) is 25.8 Å². The Kier molecular flexibility index (Phi) is 7.24. The highest BCUT2D eigenvalue weighted by Crippen LogP contribution is 2.26. The van der Waals surface area contributed by atoms with Crippen LogP contribution in [0.4, 0.5) is 14.5 Å². The second-order valence-electron chi connectivity index (χ2n) is 5.70. The van der Waals surface area contributed by atoms with Crippen LogP contribution in [0.1, 0.15) is 19.8 Å². The maximum atomic E-state index is 13.9. The first kappa shape index (κ1) is 18.4. The summed E-state index contributed by atoms with van der Waals surface area (Å²) in [7, 11) is 1.71. The number of guanidine groups is 1. The molecule has 1 aliphatic heterocycles. The molecule has 0 spiro atoms. The lowest BCUT2D eigenvalue weighted by molar-refractivity contribution is 0.145. The van der Waals surface area contributed by atoms with Crippen LogP contribution in [0.2, 0.25) is 0 Å². The molecule has 1 atom stereocenters. The Morgan fingerprint density at radius 3 is 2.79 bits per heavy atom. The summed E-state index contributed by atoms with van der Waals surface area (Å²) in [5, 5.41) is 6.53. The highest BCUT2D eigenvalue weighted by molar-refractivity contribution is 5.80. The lowest BCUT2D eigenvalue weighted by Gasteiger charge is -2.21. The van der Waals surface area contributed by atoms with E-state index in [2.05, 4.69) is 15.6 Å². The molecular formula is C17H26F2N4O. The Labute approximate surface area is 142 Å². The van der Waals surface area contributed by atoms with Crippen LogP contribution in [-0.2, 0) is 4.74 Å². The normalized spacial score (nSPS) is 18.1. The van der Waals surface area contributed by atoms with Gasteiger partial charge < -0.3 is 20.3 Å². The molecular weight excluding hydrogens is 314 g/mol. The van der Waals surface area contributed by atoms with E-state index in [1.54, 1.807) is 11.9 Å². The maximum absolute atomic E-state index is 13.9.